The molecule has 4 heteroatoms. The highest BCUT2D eigenvalue weighted by Gasteiger charge is 2.21. The number of rotatable bonds is 4. The quantitative estimate of drug-likeness (QED) is 0.853. The number of amides is 1. The van der Waals surface area contributed by atoms with Crippen LogP contribution in [0.25, 0.3) is 0 Å². The summed E-state index contributed by atoms with van der Waals surface area (Å²) in [6, 6.07) is 13.7. The van der Waals surface area contributed by atoms with Crippen molar-refractivity contribution in [1.29, 1.82) is 0 Å². The molecule has 0 aliphatic heterocycles. The number of hydrogen-bond donors (Lipinski definition) is 2. The van der Waals surface area contributed by atoms with E-state index in [0.717, 1.165) is 36.3 Å². The van der Waals surface area contributed by atoms with E-state index in [1.54, 1.807) is 7.11 Å². The molecule has 1 aliphatic carbocycles. The van der Waals surface area contributed by atoms with Crippen LogP contribution in [-0.2, 0) is 17.6 Å². The number of aryl methyl sites for hydroxylation is 1. The van der Waals surface area contributed by atoms with E-state index in [-0.39, 0.29) is 11.9 Å². The highest BCUT2D eigenvalue weighted by Crippen LogP contribution is 2.31. The lowest BCUT2D eigenvalue weighted by Crippen LogP contribution is -2.32. The summed E-state index contributed by atoms with van der Waals surface area (Å²) in [4.78, 5) is 12.4. The Morgan fingerprint density at radius 2 is 2.17 bits per heavy atom. The first kappa shape index (κ1) is 15.4. The molecular weight excluding hydrogens is 288 g/mol. The Morgan fingerprint density at radius 3 is 3.00 bits per heavy atom. The van der Waals surface area contributed by atoms with Crippen molar-refractivity contribution in [3.8, 4) is 5.75 Å². The van der Waals surface area contributed by atoms with Gasteiger partial charge in [-0.1, -0.05) is 18.2 Å². The number of carbonyl (C=O) groups excluding carboxylic acids is 1. The van der Waals surface area contributed by atoms with Crippen LogP contribution in [0.2, 0.25) is 0 Å². The van der Waals surface area contributed by atoms with E-state index in [2.05, 4.69) is 5.32 Å². The Kier molecular flexibility index (Phi) is 4.51. The molecule has 3 rings (SSSR count). The standard InChI is InChI=1S/C19H22N2O2/c1-23-16-6-2-4-13(10-16)11-19(22)21-18-7-3-5-14-12-15(20)8-9-17(14)18/h2,4,6,8-10,12,18H,3,5,7,11,20H2,1H3,(H,21,22). The van der Waals surface area contributed by atoms with Gasteiger partial charge in [0.15, 0.2) is 0 Å². The smallest absolute Gasteiger partial charge is 0.224 e. The van der Waals surface area contributed by atoms with Crippen LogP contribution in [0.4, 0.5) is 5.69 Å². The molecule has 0 radical (unpaired) electrons. The van der Waals surface area contributed by atoms with E-state index in [4.69, 9.17) is 10.5 Å². The second-order valence-electron chi connectivity index (χ2n) is 6.00. The minimum Gasteiger partial charge on any atom is -0.497 e. The van der Waals surface area contributed by atoms with Crippen molar-refractivity contribution < 1.29 is 9.53 Å². The van der Waals surface area contributed by atoms with E-state index >= 15 is 0 Å². The van der Waals surface area contributed by atoms with Crippen LogP contribution in [0.5, 0.6) is 5.75 Å². The molecule has 0 fully saturated rings. The van der Waals surface area contributed by atoms with E-state index in [0.29, 0.717) is 6.42 Å². The number of anilines is 1. The molecule has 4 nitrogen and oxygen atoms in total. The van der Waals surface area contributed by atoms with Gasteiger partial charge < -0.3 is 15.8 Å². The molecule has 120 valence electrons. The zero-order valence-electron chi connectivity index (χ0n) is 13.3. The second kappa shape index (κ2) is 6.73. The molecule has 1 atom stereocenters. The average Bonchev–Trinajstić information content (AvgIpc) is 2.55. The second-order valence-corrected chi connectivity index (χ2v) is 6.00. The summed E-state index contributed by atoms with van der Waals surface area (Å²) in [6.07, 6.45) is 3.43. The van der Waals surface area contributed by atoms with Gasteiger partial charge in [0.05, 0.1) is 19.6 Å². The zero-order valence-corrected chi connectivity index (χ0v) is 13.3. The lowest BCUT2D eigenvalue weighted by atomic mass is 9.87. The Hall–Kier alpha value is -2.49. The highest BCUT2D eigenvalue weighted by molar-refractivity contribution is 5.79. The monoisotopic (exact) mass is 310 g/mol. The van der Waals surface area contributed by atoms with Gasteiger partial charge in [-0.05, 0) is 60.2 Å². The fourth-order valence-electron chi connectivity index (χ4n) is 3.20. The lowest BCUT2D eigenvalue weighted by molar-refractivity contribution is -0.121. The Bertz CT molecular complexity index is 712. The van der Waals surface area contributed by atoms with Crippen molar-refractivity contribution in [2.24, 2.45) is 0 Å². The van der Waals surface area contributed by atoms with Gasteiger partial charge in [-0.25, -0.2) is 0 Å². The topological polar surface area (TPSA) is 64.3 Å². The molecule has 1 unspecified atom stereocenters. The predicted molar refractivity (Wildman–Crippen MR) is 91.4 cm³/mol. The third-order valence-corrected chi connectivity index (χ3v) is 4.32. The summed E-state index contributed by atoms with van der Waals surface area (Å²) in [5, 5.41) is 3.16. The summed E-state index contributed by atoms with van der Waals surface area (Å²) >= 11 is 0. The highest BCUT2D eigenvalue weighted by atomic mass is 16.5. The zero-order chi connectivity index (χ0) is 16.2. The molecule has 1 aliphatic rings. The fourth-order valence-corrected chi connectivity index (χ4v) is 3.20. The van der Waals surface area contributed by atoms with Gasteiger partial charge in [-0.15, -0.1) is 0 Å². The average molecular weight is 310 g/mol. The minimum absolute atomic E-state index is 0.0351. The number of nitrogens with two attached hydrogens (primary N) is 1. The first-order valence-electron chi connectivity index (χ1n) is 7.96. The first-order valence-corrected chi connectivity index (χ1v) is 7.96. The van der Waals surface area contributed by atoms with Crippen LogP contribution in [0.3, 0.4) is 0 Å². The molecule has 3 N–H and O–H groups in total. The molecule has 0 bridgehead atoms. The number of ether oxygens (including phenoxy) is 1. The largest absolute Gasteiger partial charge is 0.497 e. The Labute approximate surface area is 136 Å². The number of fused-ring (bicyclic) bond motifs is 1. The fraction of sp³-hybridized carbons (Fsp3) is 0.316. The first-order chi connectivity index (χ1) is 11.2. The van der Waals surface area contributed by atoms with Gasteiger partial charge in [0.25, 0.3) is 0 Å². The third-order valence-electron chi connectivity index (χ3n) is 4.32. The summed E-state index contributed by atoms with van der Waals surface area (Å²) in [7, 11) is 1.63. The maximum absolute atomic E-state index is 12.4. The van der Waals surface area contributed by atoms with Crippen molar-refractivity contribution >= 4 is 11.6 Å². The van der Waals surface area contributed by atoms with Crippen LogP contribution in [0, 0.1) is 0 Å². The number of carbonyl (C=O) groups is 1. The maximum Gasteiger partial charge on any atom is 0.224 e. The SMILES string of the molecule is COc1cccc(CC(=O)NC2CCCc3cc(N)ccc32)c1. The van der Waals surface area contributed by atoms with Crippen molar-refractivity contribution in [3.63, 3.8) is 0 Å². The maximum atomic E-state index is 12.4. The number of benzene rings is 2. The Morgan fingerprint density at radius 1 is 1.30 bits per heavy atom. The molecule has 2 aromatic rings. The number of methoxy groups -OCH3 is 1. The normalized spacial score (nSPS) is 16.5. The van der Waals surface area contributed by atoms with E-state index < -0.39 is 0 Å². The van der Waals surface area contributed by atoms with Crippen LogP contribution in [0.1, 0.15) is 35.6 Å². The van der Waals surface area contributed by atoms with Crippen molar-refractivity contribution in [2.75, 3.05) is 12.8 Å². The van der Waals surface area contributed by atoms with Gasteiger partial charge in [0.2, 0.25) is 5.91 Å². The van der Waals surface area contributed by atoms with E-state index in [1.807, 2.05) is 42.5 Å². The number of hydrogen-bond acceptors (Lipinski definition) is 3. The van der Waals surface area contributed by atoms with E-state index in [9.17, 15) is 4.79 Å². The number of nitrogen functional groups attached to an aromatic ring is 1. The van der Waals surface area contributed by atoms with Gasteiger partial charge in [0, 0.05) is 5.69 Å². The summed E-state index contributed by atoms with van der Waals surface area (Å²) < 4.78 is 5.20. The minimum atomic E-state index is 0.0351. The lowest BCUT2D eigenvalue weighted by Gasteiger charge is -2.26. The molecule has 1 amide bonds. The van der Waals surface area contributed by atoms with Crippen LogP contribution >= 0.6 is 0 Å². The molecule has 0 aromatic heterocycles. The van der Waals surface area contributed by atoms with E-state index in [1.165, 1.54) is 11.1 Å². The molecule has 0 spiro atoms. The van der Waals surface area contributed by atoms with Gasteiger partial charge in [0.1, 0.15) is 5.75 Å². The van der Waals surface area contributed by atoms with Crippen molar-refractivity contribution in [2.45, 2.75) is 31.7 Å². The van der Waals surface area contributed by atoms with Crippen molar-refractivity contribution in [1.82, 2.24) is 5.32 Å². The van der Waals surface area contributed by atoms with Gasteiger partial charge >= 0.3 is 0 Å². The molecule has 0 heterocycles. The Balaban J connectivity index is 1.69. The van der Waals surface area contributed by atoms with Crippen LogP contribution in [-0.4, -0.2) is 13.0 Å². The summed E-state index contributed by atoms with van der Waals surface area (Å²) in [5.41, 5.74) is 10.0. The summed E-state index contributed by atoms with van der Waals surface area (Å²) in [6.45, 7) is 0. The molecule has 2 aromatic carbocycles. The summed E-state index contributed by atoms with van der Waals surface area (Å²) in [5.74, 6) is 0.807. The molecule has 0 saturated carbocycles. The molecular formula is C19H22N2O2. The third kappa shape index (κ3) is 3.65. The van der Waals surface area contributed by atoms with Crippen LogP contribution < -0.4 is 15.8 Å². The van der Waals surface area contributed by atoms with Gasteiger partial charge in [-0.3, -0.25) is 4.79 Å². The number of nitrogens with one attached hydrogen (secondary N) is 1. The van der Waals surface area contributed by atoms with Crippen molar-refractivity contribution in [3.05, 3.63) is 59.2 Å². The van der Waals surface area contributed by atoms with Gasteiger partial charge in [-0.2, -0.15) is 0 Å². The van der Waals surface area contributed by atoms with Crippen LogP contribution in [0.15, 0.2) is 42.5 Å². The predicted octanol–water partition coefficient (Wildman–Crippen LogP) is 3.01. The molecule has 0 saturated heterocycles. The molecule has 23 heavy (non-hydrogen) atoms.